The van der Waals surface area contributed by atoms with Crippen molar-refractivity contribution in [3.05, 3.63) is 29.8 Å². The molecule has 3 rings (SSSR count). The maximum Gasteiger partial charge on any atom is 0.439 e. The second-order valence-electron chi connectivity index (χ2n) is 7.01. The van der Waals surface area contributed by atoms with Crippen molar-refractivity contribution in [1.82, 2.24) is 5.01 Å². The van der Waals surface area contributed by atoms with E-state index in [2.05, 4.69) is 5.10 Å². The molecule has 0 saturated heterocycles. The van der Waals surface area contributed by atoms with Crippen LogP contribution < -0.4 is 4.74 Å². The van der Waals surface area contributed by atoms with Crippen molar-refractivity contribution in [2.75, 3.05) is 6.61 Å². The van der Waals surface area contributed by atoms with Crippen LogP contribution >= 0.6 is 0 Å². The number of carbonyl (C=O) groups excluding carboxylic acids is 1. The number of para-hydroxylation sites is 1. The third kappa shape index (κ3) is 3.06. The van der Waals surface area contributed by atoms with Crippen molar-refractivity contribution in [1.29, 1.82) is 0 Å². The van der Waals surface area contributed by atoms with E-state index in [4.69, 9.17) is 4.74 Å². The Bertz CT molecular complexity index is 735. The summed E-state index contributed by atoms with van der Waals surface area (Å²) in [6.07, 6.45) is -3.85. The van der Waals surface area contributed by atoms with Crippen molar-refractivity contribution in [2.24, 2.45) is 16.9 Å². The second-order valence-corrected chi connectivity index (χ2v) is 7.01. The lowest BCUT2D eigenvalue weighted by atomic mass is 9.76. The molecule has 1 heterocycles. The van der Waals surface area contributed by atoms with Crippen molar-refractivity contribution < 1.29 is 27.8 Å². The number of nitrogens with zero attached hydrogens (tertiary/aromatic N) is 2. The fraction of sp³-hybridized carbons (Fsp3) is 0.556. The minimum atomic E-state index is -5.02. The molecule has 2 aliphatic rings. The summed E-state index contributed by atoms with van der Waals surface area (Å²) in [7, 11) is 0. The molecular formula is C18H21F3N2O3. The molecule has 8 heteroatoms. The van der Waals surface area contributed by atoms with E-state index in [1.54, 1.807) is 31.2 Å². The van der Waals surface area contributed by atoms with Gasteiger partial charge in [-0.3, -0.25) is 4.79 Å². The number of fused-ring (bicyclic) bond motifs is 1. The van der Waals surface area contributed by atoms with Crippen molar-refractivity contribution >= 4 is 11.6 Å². The number of hydrogen-bond acceptors (Lipinski definition) is 4. The molecule has 0 spiro atoms. The number of halogens is 3. The number of hydrogen-bond donors (Lipinski definition) is 1. The predicted molar refractivity (Wildman–Crippen MR) is 88.5 cm³/mol. The Balaban J connectivity index is 1.83. The molecule has 0 unspecified atom stereocenters. The van der Waals surface area contributed by atoms with Crippen LogP contribution in [0.1, 0.15) is 31.7 Å². The van der Waals surface area contributed by atoms with Gasteiger partial charge in [-0.05, 0) is 43.7 Å². The van der Waals surface area contributed by atoms with Crippen LogP contribution in [0.15, 0.2) is 29.4 Å². The Morgan fingerprint density at radius 1 is 1.42 bits per heavy atom. The van der Waals surface area contributed by atoms with Gasteiger partial charge in [-0.1, -0.05) is 25.1 Å². The summed E-state index contributed by atoms with van der Waals surface area (Å²) in [5, 5.41) is 14.6. The molecule has 26 heavy (non-hydrogen) atoms. The lowest BCUT2D eigenvalue weighted by Gasteiger charge is -2.39. The highest BCUT2D eigenvalue weighted by Crippen LogP contribution is 2.49. The lowest BCUT2D eigenvalue weighted by molar-refractivity contribution is -0.318. The standard InChI is InChI=1S/C18H21F3N2O3/c1-11-7-8-14-13(9-11)17(25,18(19,20)21)23(22-14)16(24)10-26-15-6-4-3-5-12(15)2/h3-6,11,13,25H,7-10H2,1-2H3/t11-,13-,17-/m0/s1. The zero-order valence-electron chi connectivity index (χ0n) is 14.6. The van der Waals surface area contributed by atoms with Crippen molar-refractivity contribution in [2.45, 2.75) is 45.0 Å². The van der Waals surface area contributed by atoms with Crippen LogP contribution in [-0.4, -0.2) is 40.2 Å². The van der Waals surface area contributed by atoms with Crippen LogP contribution in [0.4, 0.5) is 13.2 Å². The van der Waals surface area contributed by atoms with Gasteiger partial charge in [0.15, 0.2) is 6.61 Å². The van der Waals surface area contributed by atoms with Gasteiger partial charge in [0.05, 0.1) is 5.92 Å². The number of alkyl halides is 3. The van der Waals surface area contributed by atoms with Gasteiger partial charge in [-0.25, -0.2) is 0 Å². The Kier molecular flexibility index (Phi) is 4.72. The van der Waals surface area contributed by atoms with Gasteiger partial charge in [0, 0.05) is 5.71 Å². The molecule has 1 aliphatic carbocycles. The van der Waals surface area contributed by atoms with E-state index in [0.717, 1.165) is 5.56 Å². The Morgan fingerprint density at radius 3 is 2.77 bits per heavy atom. The zero-order valence-corrected chi connectivity index (χ0v) is 14.6. The summed E-state index contributed by atoms with van der Waals surface area (Å²) in [5.74, 6) is -1.84. The minimum Gasteiger partial charge on any atom is -0.483 e. The topological polar surface area (TPSA) is 62.1 Å². The maximum absolute atomic E-state index is 13.7. The van der Waals surface area contributed by atoms with E-state index in [1.165, 1.54) is 0 Å². The summed E-state index contributed by atoms with van der Waals surface area (Å²) >= 11 is 0. The van der Waals surface area contributed by atoms with E-state index in [9.17, 15) is 23.1 Å². The van der Waals surface area contributed by atoms with Gasteiger partial charge in [0.1, 0.15) is 5.75 Å². The van der Waals surface area contributed by atoms with Gasteiger partial charge in [-0.2, -0.15) is 23.3 Å². The summed E-state index contributed by atoms with van der Waals surface area (Å²) in [5.41, 5.74) is -2.34. The number of aliphatic hydroxyl groups is 1. The van der Waals surface area contributed by atoms with E-state index in [-0.39, 0.29) is 23.1 Å². The van der Waals surface area contributed by atoms with E-state index in [1.807, 2.05) is 6.92 Å². The summed E-state index contributed by atoms with van der Waals surface area (Å²) in [4.78, 5) is 12.5. The first kappa shape index (κ1) is 18.7. The Labute approximate surface area is 149 Å². The molecule has 1 saturated carbocycles. The maximum atomic E-state index is 13.7. The molecule has 1 aliphatic heterocycles. The Hall–Kier alpha value is -2.09. The molecule has 1 aromatic rings. The third-order valence-electron chi connectivity index (χ3n) is 5.07. The highest BCUT2D eigenvalue weighted by Gasteiger charge is 2.68. The lowest BCUT2D eigenvalue weighted by Crippen LogP contribution is -2.62. The Morgan fingerprint density at radius 2 is 2.12 bits per heavy atom. The molecule has 0 bridgehead atoms. The summed E-state index contributed by atoms with van der Waals surface area (Å²) < 4.78 is 46.5. The molecule has 1 aromatic carbocycles. The van der Waals surface area contributed by atoms with Gasteiger partial charge >= 0.3 is 6.18 Å². The quantitative estimate of drug-likeness (QED) is 0.888. The van der Waals surface area contributed by atoms with E-state index >= 15 is 0 Å². The molecular weight excluding hydrogens is 349 g/mol. The first-order valence-electron chi connectivity index (χ1n) is 8.52. The largest absolute Gasteiger partial charge is 0.483 e. The molecule has 1 amide bonds. The van der Waals surface area contributed by atoms with Crippen LogP contribution in [0.25, 0.3) is 0 Å². The minimum absolute atomic E-state index is 0.0195. The van der Waals surface area contributed by atoms with Gasteiger partial charge < -0.3 is 9.84 Å². The van der Waals surface area contributed by atoms with Gasteiger partial charge in [0.2, 0.25) is 0 Å². The number of amides is 1. The molecule has 0 aromatic heterocycles. The van der Waals surface area contributed by atoms with E-state index in [0.29, 0.717) is 18.6 Å². The summed E-state index contributed by atoms with van der Waals surface area (Å²) in [6, 6.07) is 6.86. The molecule has 0 radical (unpaired) electrons. The highest BCUT2D eigenvalue weighted by molar-refractivity contribution is 5.93. The second kappa shape index (κ2) is 6.57. The first-order chi connectivity index (χ1) is 12.1. The van der Waals surface area contributed by atoms with Crippen LogP contribution in [-0.2, 0) is 4.79 Å². The highest BCUT2D eigenvalue weighted by atomic mass is 19.4. The van der Waals surface area contributed by atoms with Crippen LogP contribution in [0.5, 0.6) is 5.75 Å². The SMILES string of the molecule is Cc1ccccc1OCC(=O)N1N=C2CC[C@H](C)C[C@@H]2[C@]1(O)C(F)(F)F. The average molecular weight is 370 g/mol. The van der Waals surface area contributed by atoms with Crippen LogP contribution in [0.3, 0.4) is 0 Å². The number of benzene rings is 1. The molecule has 142 valence electrons. The number of ether oxygens (including phenoxy) is 1. The smallest absolute Gasteiger partial charge is 0.439 e. The number of carbonyl (C=O) groups is 1. The third-order valence-corrected chi connectivity index (χ3v) is 5.07. The number of hydrazone groups is 1. The summed E-state index contributed by atoms with van der Waals surface area (Å²) in [6.45, 7) is 2.96. The molecule has 5 nitrogen and oxygen atoms in total. The fourth-order valence-corrected chi connectivity index (χ4v) is 3.58. The number of rotatable bonds is 3. The molecule has 3 atom stereocenters. The molecule has 1 N–H and O–H groups in total. The van der Waals surface area contributed by atoms with Crippen LogP contribution in [0.2, 0.25) is 0 Å². The predicted octanol–water partition coefficient (Wildman–Crippen LogP) is 3.26. The average Bonchev–Trinajstić information content (AvgIpc) is 2.88. The first-order valence-corrected chi connectivity index (χ1v) is 8.52. The van der Waals surface area contributed by atoms with Crippen LogP contribution in [0, 0.1) is 18.8 Å². The van der Waals surface area contributed by atoms with Gasteiger partial charge in [-0.15, -0.1) is 0 Å². The monoisotopic (exact) mass is 370 g/mol. The molecule has 1 fully saturated rings. The number of aryl methyl sites for hydroxylation is 1. The fourth-order valence-electron chi connectivity index (χ4n) is 3.58. The van der Waals surface area contributed by atoms with Crippen molar-refractivity contribution in [3.8, 4) is 5.75 Å². The normalized spacial score (nSPS) is 28.5. The van der Waals surface area contributed by atoms with E-state index < -0.39 is 30.3 Å². The van der Waals surface area contributed by atoms with Crippen molar-refractivity contribution in [3.63, 3.8) is 0 Å². The zero-order chi connectivity index (χ0) is 19.1. The van der Waals surface area contributed by atoms with Gasteiger partial charge in [0.25, 0.3) is 11.6 Å².